The first-order valence-electron chi connectivity index (χ1n) is 12.7. The number of ether oxygens (including phenoxy) is 1. The molecule has 1 fully saturated rings. The number of likely N-dealkylation sites (tertiary alicyclic amines) is 1. The molecule has 3 unspecified atom stereocenters. The van der Waals surface area contributed by atoms with Crippen LogP contribution in [0.25, 0.3) is 0 Å². The molecule has 0 saturated carbocycles. The second-order valence-corrected chi connectivity index (χ2v) is 10.7. The fourth-order valence-electron chi connectivity index (χ4n) is 4.12. The lowest BCUT2D eigenvalue weighted by molar-refractivity contribution is 0.0939. The van der Waals surface area contributed by atoms with Crippen molar-refractivity contribution in [2.24, 2.45) is 10.2 Å². The third kappa shape index (κ3) is 8.64. The van der Waals surface area contributed by atoms with Gasteiger partial charge in [0.05, 0.1) is 42.5 Å². The molecule has 1 aliphatic heterocycles. The fourth-order valence-corrected chi connectivity index (χ4v) is 5.37. The lowest BCUT2D eigenvalue weighted by atomic mass is 10.1. The van der Waals surface area contributed by atoms with Crippen LogP contribution in [-0.2, 0) is 13.8 Å². The summed E-state index contributed by atoms with van der Waals surface area (Å²) in [6.45, 7) is 9.51. The SMILES string of the molecule is CCC1CC(OP(C)OCCC#N)CN1C(=O)OCN(CC)c1ccc(N=Nc2ccc(C)cc2Cl)cc1. The third-order valence-corrected chi connectivity index (χ3v) is 7.63. The van der Waals surface area contributed by atoms with Crippen LogP contribution in [0.2, 0.25) is 5.02 Å². The largest absolute Gasteiger partial charge is 0.428 e. The smallest absolute Gasteiger partial charge is 0.411 e. The van der Waals surface area contributed by atoms with Crippen molar-refractivity contribution in [3.05, 3.63) is 53.1 Å². The van der Waals surface area contributed by atoms with Gasteiger partial charge in [0.1, 0.15) is 5.69 Å². The second-order valence-electron chi connectivity index (χ2n) is 8.93. The number of halogens is 1. The van der Waals surface area contributed by atoms with Crippen LogP contribution in [0.5, 0.6) is 0 Å². The van der Waals surface area contributed by atoms with E-state index in [9.17, 15) is 4.79 Å². The van der Waals surface area contributed by atoms with Crippen molar-refractivity contribution < 1.29 is 18.6 Å². The van der Waals surface area contributed by atoms with Crippen molar-refractivity contribution >= 4 is 43.1 Å². The number of carbonyl (C=O) groups is 1. The highest BCUT2D eigenvalue weighted by Gasteiger charge is 2.37. The highest BCUT2D eigenvalue weighted by atomic mass is 35.5. The minimum absolute atomic E-state index is 0.0526. The number of nitriles is 1. The molecule has 1 amide bonds. The van der Waals surface area contributed by atoms with Crippen molar-refractivity contribution in [2.45, 2.75) is 52.2 Å². The number of aryl methyl sites for hydroxylation is 1. The molecular weight excluding hydrogens is 525 g/mol. The van der Waals surface area contributed by atoms with Crippen LogP contribution in [0.3, 0.4) is 0 Å². The molecule has 3 rings (SSSR count). The van der Waals surface area contributed by atoms with E-state index in [2.05, 4.69) is 23.2 Å². The summed E-state index contributed by atoms with van der Waals surface area (Å²) in [4.78, 5) is 16.7. The van der Waals surface area contributed by atoms with Gasteiger partial charge in [0.15, 0.2) is 15.1 Å². The molecule has 1 aliphatic rings. The molecule has 3 atom stereocenters. The van der Waals surface area contributed by atoms with Gasteiger partial charge >= 0.3 is 6.09 Å². The van der Waals surface area contributed by atoms with E-state index in [1.807, 2.05) is 67.9 Å². The molecule has 1 saturated heterocycles. The average molecular weight is 560 g/mol. The summed E-state index contributed by atoms with van der Waals surface area (Å²) in [7, 11) is -1.10. The van der Waals surface area contributed by atoms with Crippen LogP contribution in [-0.4, -0.2) is 56.2 Å². The molecule has 9 nitrogen and oxygen atoms in total. The molecule has 0 bridgehead atoms. The summed E-state index contributed by atoms with van der Waals surface area (Å²) in [6.07, 6.45) is 1.42. The van der Waals surface area contributed by atoms with Gasteiger partial charge in [0.25, 0.3) is 0 Å². The molecular formula is C27H35ClN5O4P. The van der Waals surface area contributed by atoms with Gasteiger partial charge in [-0.25, -0.2) is 4.79 Å². The number of benzene rings is 2. The average Bonchev–Trinajstić information content (AvgIpc) is 3.32. The Balaban J connectivity index is 1.53. The Labute approximate surface area is 231 Å². The molecule has 0 N–H and O–H groups in total. The van der Waals surface area contributed by atoms with Crippen LogP contribution in [0.1, 0.15) is 38.7 Å². The van der Waals surface area contributed by atoms with E-state index < -0.39 is 8.38 Å². The predicted octanol–water partition coefficient (Wildman–Crippen LogP) is 7.73. The Morgan fingerprint density at radius 1 is 1.24 bits per heavy atom. The number of rotatable bonds is 12. The number of azo groups is 1. The summed E-state index contributed by atoms with van der Waals surface area (Å²) >= 11 is 6.23. The van der Waals surface area contributed by atoms with E-state index in [0.717, 1.165) is 24.1 Å². The van der Waals surface area contributed by atoms with Crippen LogP contribution in [0, 0.1) is 18.3 Å². The van der Waals surface area contributed by atoms with Crippen molar-refractivity contribution in [2.75, 3.05) is 38.0 Å². The maximum Gasteiger partial charge on any atom is 0.411 e. The molecule has 2 aromatic rings. The number of hydrogen-bond donors (Lipinski definition) is 0. The summed E-state index contributed by atoms with van der Waals surface area (Å²) < 4.78 is 17.3. The van der Waals surface area contributed by atoms with Crippen LogP contribution in [0.15, 0.2) is 52.7 Å². The Bertz CT molecular complexity index is 1130. The molecule has 0 aliphatic carbocycles. The molecule has 0 radical (unpaired) electrons. The summed E-state index contributed by atoms with van der Waals surface area (Å²) in [5.74, 6) is 0. The third-order valence-electron chi connectivity index (χ3n) is 6.18. The van der Waals surface area contributed by atoms with Gasteiger partial charge < -0.3 is 23.6 Å². The van der Waals surface area contributed by atoms with Gasteiger partial charge in [-0.3, -0.25) is 0 Å². The summed E-state index contributed by atoms with van der Waals surface area (Å²) in [6, 6.07) is 15.3. The number of hydrogen-bond acceptors (Lipinski definition) is 8. The van der Waals surface area contributed by atoms with Crippen molar-refractivity contribution in [3.8, 4) is 6.07 Å². The van der Waals surface area contributed by atoms with E-state index in [-0.39, 0.29) is 25.0 Å². The lowest BCUT2D eigenvalue weighted by Gasteiger charge is -2.27. The van der Waals surface area contributed by atoms with Crippen molar-refractivity contribution in [1.29, 1.82) is 5.26 Å². The molecule has 204 valence electrons. The lowest BCUT2D eigenvalue weighted by Crippen LogP contribution is -2.39. The Morgan fingerprint density at radius 3 is 2.66 bits per heavy atom. The Kier molecular flexibility index (Phi) is 11.8. The van der Waals surface area contributed by atoms with Crippen LogP contribution in [0.4, 0.5) is 21.9 Å². The number of amides is 1. The maximum atomic E-state index is 13.0. The Morgan fingerprint density at radius 2 is 2.00 bits per heavy atom. The molecule has 2 aromatic carbocycles. The van der Waals surface area contributed by atoms with E-state index >= 15 is 0 Å². The van der Waals surface area contributed by atoms with E-state index in [1.165, 1.54) is 0 Å². The van der Waals surface area contributed by atoms with Gasteiger partial charge in [-0.1, -0.05) is 24.6 Å². The molecule has 11 heteroatoms. The van der Waals surface area contributed by atoms with Crippen molar-refractivity contribution in [1.82, 2.24) is 4.90 Å². The minimum Gasteiger partial charge on any atom is -0.428 e. The molecule has 0 aromatic heterocycles. The zero-order chi connectivity index (χ0) is 27.5. The van der Waals surface area contributed by atoms with Crippen LogP contribution >= 0.6 is 20.0 Å². The van der Waals surface area contributed by atoms with E-state index in [0.29, 0.717) is 42.5 Å². The first kappa shape index (κ1) is 29.8. The van der Waals surface area contributed by atoms with Gasteiger partial charge in [-0.15, -0.1) is 5.11 Å². The first-order valence-corrected chi connectivity index (χ1v) is 14.7. The van der Waals surface area contributed by atoms with Gasteiger partial charge in [-0.2, -0.15) is 10.4 Å². The molecule has 1 heterocycles. The van der Waals surface area contributed by atoms with E-state index in [4.69, 9.17) is 30.6 Å². The standard InChI is InChI=1S/C27H35ClN5O4P/c1-5-22-17-24(37-38(4)36-15-7-14-29)18-33(22)27(34)35-19-32(6-2)23-11-9-21(10-12-23)30-31-26-13-8-20(3)16-25(26)28/h8-13,16,22,24H,5-7,15,17-19H2,1-4H3. The van der Waals surface area contributed by atoms with Crippen LogP contribution < -0.4 is 4.90 Å². The highest BCUT2D eigenvalue weighted by Crippen LogP contribution is 2.39. The predicted molar refractivity (Wildman–Crippen MR) is 150 cm³/mol. The summed E-state index contributed by atoms with van der Waals surface area (Å²) in [5, 5.41) is 17.7. The normalized spacial score (nSPS) is 17.9. The zero-order valence-electron chi connectivity index (χ0n) is 22.3. The highest BCUT2D eigenvalue weighted by molar-refractivity contribution is 7.46. The van der Waals surface area contributed by atoms with Crippen molar-refractivity contribution in [3.63, 3.8) is 0 Å². The zero-order valence-corrected chi connectivity index (χ0v) is 24.0. The maximum absolute atomic E-state index is 13.0. The van der Waals surface area contributed by atoms with E-state index in [1.54, 1.807) is 4.90 Å². The number of anilines is 1. The topological polar surface area (TPSA) is 99.8 Å². The second kappa shape index (κ2) is 15.0. The minimum atomic E-state index is -1.10. The summed E-state index contributed by atoms with van der Waals surface area (Å²) in [5.41, 5.74) is 3.29. The first-order chi connectivity index (χ1) is 18.3. The van der Waals surface area contributed by atoms with Gasteiger partial charge in [0, 0.05) is 24.9 Å². The number of nitrogens with zero attached hydrogens (tertiary/aromatic N) is 5. The quantitative estimate of drug-likeness (QED) is 0.114. The number of carbonyl (C=O) groups excluding carboxylic acids is 1. The molecule has 38 heavy (non-hydrogen) atoms. The monoisotopic (exact) mass is 559 g/mol. The fraction of sp³-hybridized carbons (Fsp3) is 0.481. The van der Waals surface area contributed by atoms with Gasteiger partial charge in [-0.05, 0) is 68.7 Å². The van der Waals surface area contributed by atoms with Gasteiger partial charge in [0.2, 0.25) is 0 Å². The Hall–Kier alpha value is -2.76. The molecule has 0 spiro atoms.